The van der Waals surface area contributed by atoms with Crippen molar-refractivity contribution >= 4 is 5.70 Å². The Hall–Kier alpha value is -2.01. The summed E-state index contributed by atoms with van der Waals surface area (Å²) in [5.41, 5.74) is 2.12. The van der Waals surface area contributed by atoms with Gasteiger partial charge in [0.25, 0.3) is 0 Å². The van der Waals surface area contributed by atoms with Crippen molar-refractivity contribution in [2.24, 2.45) is 5.18 Å². The van der Waals surface area contributed by atoms with Gasteiger partial charge in [-0.05, 0) is 36.2 Å². The van der Waals surface area contributed by atoms with Crippen LogP contribution in [0.4, 0.5) is 0 Å². The zero-order valence-corrected chi connectivity index (χ0v) is 13.9. The van der Waals surface area contributed by atoms with E-state index in [1.165, 1.54) is 0 Å². The van der Waals surface area contributed by atoms with Gasteiger partial charge in [-0.1, -0.05) is 26.7 Å². The molecule has 23 heavy (non-hydrogen) atoms. The van der Waals surface area contributed by atoms with Crippen molar-refractivity contribution in [1.29, 1.82) is 0 Å². The predicted molar refractivity (Wildman–Crippen MR) is 92.4 cm³/mol. The molecular weight excluding hydrogens is 290 g/mol. The molecule has 0 aliphatic heterocycles. The maximum atomic E-state index is 11.1. The molecule has 1 aromatic heterocycles. The number of aromatic nitrogens is 1. The minimum Gasteiger partial charge on any atom is -0.382 e. The molecule has 1 aliphatic carbocycles. The molecule has 0 aromatic carbocycles. The van der Waals surface area contributed by atoms with Gasteiger partial charge in [0.05, 0.1) is 5.69 Å². The summed E-state index contributed by atoms with van der Waals surface area (Å²) >= 11 is 0. The van der Waals surface area contributed by atoms with Crippen molar-refractivity contribution in [2.45, 2.75) is 45.6 Å². The van der Waals surface area contributed by atoms with Gasteiger partial charge in [0.2, 0.25) is 0 Å². The van der Waals surface area contributed by atoms with Gasteiger partial charge in [-0.25, -0.2) is 0 Å². The molecule has 0 radical (unpaired) electrons. The van der Waals surface area contributed by atoms with E-state index in [0.29, 0.717) is 22.5 Å². The fourth-order valence-electron chi connectivity index (χ4n) is 2.68. The monoisotopic (exact) mass is 315 g/mol. The second kappa shape index (κ2) is 8.58. The van der Waals surface area contributed by atoms with Gasteiger partial charge >= 0.3 is 0 Å². The first-order valence-electron chi connectivity index (χ1n) is 8.35. The number of aliphatic hydroxyl groups excluding tert-OH is 1. The van der Waals surface area contributed by atoms with Crippen LogP contribution >= 0.6 is 0 Å². The molecule has 0 saturated heterocycles. The highest BCUT2D eigenvalue weighted by atomic mass is 16.3. The van der Waals surface area contributed by atoms with E-state index < -0.39 is 6.10 Å². The summed E-state index contributed by atoms with van der Waals surface area (Å²) in [5, 5.41) is 13.7. The lowest BCUT2D eigenvalue weighted by molar-refractivity contribution is 0.209. The first-order chi connectivity index (χ1) is 11.2. The van der Waals surface area contributed by atoms with Crippen LogP contribution in [0.2, 0.25) is 0 Å². The second-order valence-corrected chi connectivity index (χ2v) is 5.83. The first-order valence-corrected chi connectivity index (χ1v) is 8.35. The number of rotatable bonds is 8. The fourth-order valence-corrected chi connectivity index (χ4v) is 2.68. The second-order valence-electron chi connectivity index (χ2n) is 5.83. The summed E-state index contributed by atoms with van der Waals surface area (Å²) < 4.78 is 0. The number of hydrogen-bond acceptors (Lipinski definition) is 5. The molecule has 0 spiro atoms. The Morgan fingerprint density at radius 2 is 2.00 bits per heavy atom. The number of nitroso groups, excluding NO2 is 1. The Labute approximate surface area is 137 Å². The van der Waals surface area contributed by atoms with Crippen LogP contribution < -0.4 is 0 Å². The lowest BCUT2D eigenvalue weighted by Gasteiger charge is -2.25. The zero-order chi connectivity index (χ0) is 16.7. The lowest BCUT2D eigenvalue weighted by Crippen LogP contribution is -2.22. The maximum absolute atomic E-state index is 11.1. The average molecular weight is 315 g/mol. The molecule has 1 aliphatic rings. The van der Waals surface area contributed by atoms with E-state index >= 15 is 0 Å². The minimum absolute atomic E-state index is 0.329. The Morgan fingerprint density at radius 1 is 1.30 bits per heavy atom. The van der Waals surface area contributed by atoms with E-state index in [0.717, 1.165) is 38.8 Å². The van der Waals surface area contributed by atoms with Crippen LogP contribution in [-0.4, -0.2) is 28.1 Å². The van der Waals surface area contributed by atoms with Gasteiger partial charge in [0.15, 0.2) is 0 Å². The van der Waals surface area contributed by atoms with Crippen molar-refractivity contribution in [3.8, 4) is 0 Å². The van der Waals surface area contributed by atoms with Crippen LogP contribution in [0.3, 0.4) is 0 Å². The summed E-state index contributed by atoms with van der Waals surface area (Å²) in [5.74, 6) is 0. The molecule has 5 nitrogen and oxygen atoms in total. The van der Waals surface area contributed by atoms with Crippen molar-refractivity contribution in [1.82, 2.24) is 9.88 Å². The normalized spacial score (nSPS) is 18.5. The zero-order valence-electron chi connectivity index (χ0n) is 13.9. The summed E-state index contributed by atoms with van der Waals surface area (Å²) in [6, 6.07) is 3.51. The standard InChI is InChI=1S/C18H25N3O2/c1-3-5-10-21(11-6-4-2)13-14-12-16(20-23)15-8-7-9-19-17(15)18(14)22/h7-9,12-13,18,22H,3-6,10-11H2,1-2H3. The highest BCUT2D eigenvalue weighted by molar-refractivity contribution is 5.72. The van der Waals surface area contributed by atoms with Crippen molar-refractivity contribution < 1.29 is 5.11 Å². The highest BCUT2D eigenvalue weighted by Crippen LogP contribution is 2.35. The molecule has 1 heterocycles. The first kappa shape index (κ1) is 17.3. The molecule has 1 aromatic rings. The Kier molecular flexibility index (Phi) is 6.47. The molecule has 1 atom stereocenters. The number of hydrogen-bond donors (Lipinski definition) is 1. The Bertz CT molecular complexity index is 588. The van der Waals surface area contributed by atoms with Crippen LogP contribution in [0, 0.1) is 4.91 Å². The molecule has 0 fully saturated rings. The maximum Gasteiger partial charge on any atom is 0.123 e. The predicted octanol–water partition coefficient (Wildman–Crippen LogP) is 4.02. The molecule has 1 N–H and O–H groups in total. The Balaban J connectivity index is 2.31. The third kappa shape index (κ3) is 4.26. The number of aliphatic hydroxyl groups is 1. The topological polar surface area (TPSA) is 65.8 Å². The Morgan fingerprint density at radius 3 is 2.61 bits per heavy atom. The SMILES string of the molecule is CCCCN(C=C1C=C(N=O)c2cccnc2C1O)CCCC. The molecule has 0 saturated carbocycles. The van der Waals surface area contributed by atoms with Gasteiger partial charge in [-0.2, -0.15) is 0 Å². The average Bonchev–Trinajstić information content (AvgIpc) is 2.59. The number of unbranched alkanes of at least 4 members (excludes halogenated alkanes) is 2. The van der Waals surface area contributed by atoms with Gasteiger partial charge in [-0.15, -0.1) is 4.91 Å². The molecule has 1 unspecified atom stereocenters. The molecule has 0 bridgehead atoms. The van der Waals surface area contributed by atoms with E-state index in [2.05, 4.69) is 28.9 Å². The van der Waals surface area contributed by atoms with Crippen molar-refractivity contribution in [2.75, 3.05) is 13.1 Å². The summed E-state index contributed by atoms with van der Waals surface area (Å²) in [6.07, 6.45) is 8.88. The van der Waals surface area contributed by atoms with Crippen molar-refractivity contribution in [3.05, 3.63) is 52.3 Å². The molecular formula is C18H25N3O2. The summed E-state index contributed by atoms with van der Waals surface area (Å²) in [6.45, 7) is 6.21. The minimum atomic E-state index is -0.817. The van der Waals surface area contributed by atoms with Gasteiger partial charge in [0.1, 0.15) is 11.8 Å². The highest BCUT2D eigenvalue weighted by Gasteiger charge is 2.25. The number of fused-ring (bicyclic) bond motifs is 1. The molecule has 124 valence electrons. The van der Waals surface area contributed by atoms with Crippen LogP contribution in [0.25, 0.3) is 5.70 Å². The number of pyridine rings is 1. The van der Waals surface area contributed by atoms with Crippen LogP contribution in [0.1, 0.15) is 56.9 Å². The van der Waals surface area contributed by atoms with Crippen LogP contribution in [0.15, 0.2) is 41.4 Å². The fraction of sp³-hybridized carbons (Fsp3) is 0.500. The summed E-state index contributed by atoms with van der Waals surface area (Å²) in [7, 11) is 0. The van der Waals surface area contributed by atoms with Gasteiger partial charge in [-0.3, -0.25) is 4.98 Å². The molecule has 0 amide bonds. The van der Waals surface area contributed by atoms with Crippen molar-refractivity contribution in [3.63, 3.8) is 0 Å². The van der Waals surface area contributed by atoms with Gasteiger partial charge < -0.3 is 10.0 Å². The smallest absolute Gasteiger partial charge is 0.123 e. The van der Waals surface area contributed by atoms with Crippen LogP contribution in [0.5, 0.6) is 0 Å². The molecule has 2 rings (SSSR count). The lowest BCUT2D eigenvalue weighted by atomic mass is 9.93. The van der Waals surface area contributed by atoms with E-state index in [1.54, 1.807) is 24.4 Å². The third-order valence-corrected chi connectivity index (χ3v) is 4.02. The van der Waals surface area contributed by atoms with E-state index in [1.807, 2.05) is 6.20 Å². The molecule has 5 heteroatoms. The van der Waals surface area contributed by atoms with Gasteiger partial charge in [0, 0.05) is 36.6 Å². The quantitative estimate of drug-likeness (QED) is 0.736. The number of nitrogens with zero attached hydrogens (tertiary/aromatic N) is 3. The summed E-state index contributed by atoms with van der Waals surface area (Å²) in [4.78, 5) is 17.6. The van der Waals surface area contributed by atoms with Crippen LogP contribution in [-0.2, 0) is 0 Å². The van der Waals surface area contributed by atoms with E-state index in [4.69, 9.17) is 0 Å². The third-order valence-electron chi connectivity index (χ3n) is 4.02. The van der Waals surface area contributed by atoms with E-state index in [9.17, 15) is 10.0 Å². The largest absolute Gasteiger partial charge is 0.382 e. The van der Waals surface area contributed by atoms with E-state index in [-0.39, 0.29) is 0 Å².